The predicted molar refractivity (Wildman–Crippen MR) is 94.0 cm³/mol. The Kier molecular flexibility index (Phi) is 4.66. The maximum Gasteiger partial charge on any atom is 0.326 e. The third-order valence-corrected chi connectivity index (χ3v) is 4.02. The summed E-state index contributed by atoms with van der Waals surface area (Å²) in [5.74, 6) is -1.87. The number of fused-ring (bicyclic) bond motifs is 1. The van der Waals surface area contributed by atoms with Crippen molar-refractivity contribution in [2.24, 2.45) is 0 Å². The molecule has 1 heterocycles. The number of carbonyl (C=O) groups is 2. The van der Waals surface area contributed by atoms with Crippen LogP contribution in [0.25, 0.3) is 10.9 Å². The number of hydrogen-bond acceptors (Lipinski definition) is 4. The molecule has 0 saturated carbocycles. The summed E-state index contributed by atoms with van der Waals surface area (Å²) in [4.78, 5) is 37.2. The topological polar surface area (TPSA) is 125 Å². The average molecular weight is 353 g/mol. The molecule has 3 N–H and O–H groups in total. The normalized spacial score (nSPS) is 11.8. The van der Waals surface area contributed by atoms with Gasteiger partial charge in [-0.15, -0.1) is 0 Å². The maximum absolute atomic E-state index is 12.3. The van der Waals surface area contributed by atoms with Gasteiger partial charge in [-0.2, -0.15) is 0 Å². The highest BCUT2D eigenvalue weighted by molar-refractivity contribution is 5.97. The molecule has 0 aliphatic rings. The van der Waals surface area contributed by atoms with Crippen LogP contribution in [0.15, 0.2) is 54.7 Å². The summed E-state index contributed by atoms with van der Waals surface area (Å²) >= 11 is 0. The minimum atomic E-state index is -1.19. The van der Waals surface area contributed by atoms with E-state index in [9.17, 15) is 24.8 Å². The minimum Gasteiger partial charge on any atom is -0.480 e. The lowest BCUT2D eigenvalue weighted by Gasteiger charge is -2.14. The number of carboxylic acid groups (broad SMARTS) is 1. The second kappa shape index (κ2) is 7.06. The van der Waals surface area contributed by atoms with E-state index in [2.05, 4.69) is 10.3 Å². The number of aromatic nitrogens is 1. The number of hydrogen-bond donors (Lipinski definition) is 3. The van der Waals surface area contributed by atoms with Crippen molar-refractivity contribution >= 4 is 28.5 Å². The summed E-state index contributed by atoms with van der Waals surface area (Å²) in [6, 6.07) is 11.4. The van der Waals surface area contributed by atoms with E-state index in [-0.39, 0.29) is 17.7 Å². The minimum absolute atomic E-state index is 0.0318. The molecule has 0 radical (unpaired) electrons. The van der Waals surface area contributed by atoms with Gasteiger partial charge in [0.1, 0.15) is 6.04 Å². The Labute approximate surface area is 147 Å². The largest absolute Gasteiger partial charge is 0.480 e. The Balaban J connectivity index is 1.80. The monoisotopic (exact) mass is 353 g/mol. The zero-order valence-electron chi connectivity index (χ0n) is 13.5. The average Bonchev–Trinajstić information content (AvgIpc) is 3.04. The summed E-state index contributed by atoms with van der Waals surface area (Å²) in [5, 5.41) is 23.6. The van der Waals surface area contributed by atoms with Crippen molar-refractivity contribution in [2.45, 2.75) is 12.5 Å². The number of benzene rings is 2. The number of para-hydroxylation sites is 1. The van der Waals surface area contributed by atoms with Gasteiger partial charge in [0.05, 0.1) is 4.92 Å². The van der Waals surface area contributed by atoms with Crippen LogP contribution in [-0.4, -0.2) is 32.9 Å². The molecule has 3 aromatic rings. The van der Waals surface area contributed by atoms with Gasteiger partial charge >= 0.3 is 5.97 Å². The molecular weight excluding hydrogens is 338 g/mol. The van der Waals surface area contributed by atoms with Crippen molar-refractivity contribution in [3.8, 4) is 0 Å². The maximum atomic E-state index is 12.3. The van der Waals surface area contributed by atoms with E-state index in [4.69, 9.17) is 0 Å². The number of nitrogens with zero attached hydrogens (tertiary/aromatic N) is 1. The first-order chi connectivity index (χ1) is 12.5. The zero-order valence-corrected chi connectivity index (χ0v) is 13.5. The van der Waals surface area contributed by atoms with Crippen LogP contribution in [0, 0.1) is 10.1 Å². The van der Waals surface area contributed by atoms with E-state index in [1.807, 2.05) is 24.3 Å². The van der Waals surface area contributed by atoms with E-state index >= 15 is 0 Å². The zero-order chi connectivity index (χ0) is 18.7. The summed E-state index contributed by atoms with van der Waals surface area (Å²) in [5.41, 5.74) is 1.43. The summed E-state index contributed by atoms with van der Waals surface area (Å²) in [6.45, 7) is 0. The van der Waals surface area contributed by atoms with Crippen LogP contribution < -0.4 is 5.32 Å². The SMILES string of the molecule is O=C(N[C@@H](Cc1c[nH]c2ccccc12)C(=O)O)c1cccc([N+](=O)[O-])c1. The fraction of sp³-hybridized carbons (Fsp3) is 0.111. The van der Waals surface area contributed by atoms with Crippen LogP contribution in [-0.2, 0) is 11.2 Å². The number of non-ortho nitro benzene ring substituents is 1. The van der Waals surface area contributed by atoms with Gasteiger partial charge < -0.3 is 15.4 Å². The number of H-pyrrole nitrogens is 1. The smallest absolute Gasteiger partial charge is 0.326 e. The molecule has 26 heavy (non-hydrogen) atoms. The van der Waals surface area contributed by atoms with Crippen molar-refractivity contribution in [3.63, 3.8) is 0 Å². The second-order valence-electron chi connectivity index (χ2n) is 5.74. The molecule has 1 atom stereocenters. The highest BCUT2D eigenvalue weighted by Gasteiger charge is 2.23. The Morgan fingerprint density at radius 2 is 1.96 bits per heavy atom. The van der Waals surface area contributed by atoms with Gasteiger partial charge in [0.25, 0.3) is 11.6 Å². The molecule has 8 heteroatoms. The highest BCUT2D eigenvalue weighted by Crippen LogP contribution is 2.19. The first-order valence-electron chi connectivity index (χ1n) is 7.79. The number of rotatable bonds is 6. The standard InChI is InChI=1S/C18H15N3O5/c22-17(11-4-3-5-13(8-11)21(25)26)20-16(18(23)24)9-12-10-19-15-7-2-1-6-14(12)15/h1-8,10,16,19H,9H2,(H,20,22)(H,23,24)/t16-/m0/s1. The molecule has 0 bridgehead atoms. The van der Waals surface area contributed by atoms with Crippen LogP contribution >= 0.6 is 0 Å². The van der Waals surface area contributed by atoms with Gasteiger partial charge in [-0.05, 0) is 17.7 Å². The van der Waals surface area contributed by atoms with Crippen LogP contribution in [0.2, 0.25) is 0 Å². The molecule has 8 nitrogen and oxygen atoms in total. The molecule has 0 spiro atoms. The first-order valence-corrected chi connectivity index (χ1v) is 7.79. The van der Waals surface area contributed by atoms with E-state index in [1.165, 1.54) is 18.2 Å². The molecule has 132 valence electrons. The molecule has 1 aromatic heterocycles. The Morgan fingerprint density at radius 1 is 1.19 bits per heavy atom. The molecule has 0 aliphatic heterocycles. The number of amides is 1. The van der Waals surface area contributed by atoms with Crippen LogP contribution in [0.4, 0.5) is 5.69 Å². The van der Waals surface area contributed by atoms with Crippen LogP contribution in [0.3, 0.4) is 0 Å². The Morgan fingerprint density at radius 3 is 2.69 bits per heavy atom. The molecular formula is C18H15N3O5. The first kappa shape index (κ1) is 17.2. The lowest BCUT2D eigenvalue weighted by molar-refractivity contribution is -0.384. The van der Waals surface area contributed by atoms with Gasteiger partial charge in [-0.3, -0.25) is 14.9 Å². The molecule has 0 fully saturated rings. The summed E-state index contributed by atoms with van der Waals surface area (Å²) in [7, 11) is 0. The van der Waals surface area contributed by atoms with Crippen molar-refractivity contribution in [1.82, 2.24) is 10.3 Å². The number of nitrogens with one attached hydrogen (secondary N) is 2. The highest BCUT2D eigenvalue weighted by atomic mass is 16.6. The van der Waals surface area contributed by atoms with E-state index in [0.717, 1.165) is 22.5 Å². The molecule has 0 saturated heterocycles. The van der Waals surface area contributed by atoms with Crippen molar-refractivity contribution < 1.29 is 19.6 Å². The molecule has 1 amide bonds. The van der Waals surface area contributed by atoms with Crippen LogP contribution in [0.5, 0.6) is 0 Å². The van der Waals surface area contributed by atoms with Crippen LogP contribution in [0.1, 0.15) is 15.9 Å². The number of nitro benzene ring substituents is 1. The van der Waals surface area contributed by atoms with Gasteiger partial charge in [-0.25, -0.2) is 4.79 Å². The second-order valence-corrected chi connectivity index (χ2v) is 5.74. The number of aromatic amines is 1. The molecule has 0 unspecified atom stereocenters. The number of carboxylic acids is 1. The molecule has 3 rings (SSSR count). The number of aliphatic carboxylic acids is 1. The van der Waals surface area contributed by atoms with Crippen molar-refractivity contribution in [2.75, 3.05) is 0 Å². The van der Waals surface area contributed by atoms with Gasteiger partial charge in [-0.1, -0.05) is 24.3 Å². The third kappa shape index (κ3) is 3.54. The Bertz CT molecular complexity index is 995. The number of carbonyl (C=O) groups excluding carboxylic acids is 1. The fourth-order valence-electron chi connectivity index (χ4n) is 2.72. The predicted octanol–water partition coefficient (Wildman–Crippen LogP) is 2.50. The van der Waals surface area contributed by atoms with E-state index in [1.54, 1.807) is 6.20 Å². The van der Waals surface area contributed by atoms with E-state index < -0.39 is 22.8 Å². The summed E-state index contributed by atoms with van der Waals surface area (Å²) in [6.07, 6.45) is 1.79. The molecule has 0 aliphatic carbocycles. The number of nitro groups is 1. The fourth-order valence-corrected chi connectivity index (χ4v) is 2.72. The van der Waals surface area contributed by atoms with Crippen molar-refractivity contribution in [3.05, 3.63) is 76.0 Å². The van der Waals surface area contributed by atoms with Gasteiger partial charge in [0, 0.05) is 41.2 Å². The van der Waals surface area contributed by atoms with Crippen molar-refractivity contribution in [1.29, 1.82) is 0 Å². The molecule has 2 aromatic carbocycles. The lowest BCUT2D eigenvalue weighted by atomic mass is 10.0. The quantitative estimate of drug-likeness (QED) is 0.464. The van der Waals surface area contributed by atoms with E-state index in [0.29, 0.717) is 0 Å². The van der Waals surface area contributed by atoms with Gasteiger partial charge in [0.2, 0.25) is 0 Å². The Hall–Kier alpha value is -3.68. The lowest BCUT2D eigenvalue weighted by Crippen LogP contribution is -2.42. The third-order valence-electron chi connectivity index (χ3n) is 4.02. The summed E-state index contributed by atoms with van der Waals surface area (Å²) < 4.78 is 0. The van der Waals surface area contributed by atoms with Gasteiger partial charge in [0.15, 0.2) is 0 Å².